The van der Waals surface area contributed by atoms with Crippen LogP contribution in [0.3, 0.4) is 0 Å². The summed E-state index contributed by atoms with van der Waals surface area (Å²) in [6.07, 6.45) is 2.82. The minimum absolute atomic E-state index is 0.119. The molecule has 21 heavy (non-hydrogen) atoms. The van der Waals surface area contributed by atoms with E-state index in [1.165, 1.54) is 19.5 Å². The number of methoxy groups -OCH3 is 1. The molecule has 5 nitrogen and oxygen atoms in total. The molecule has 2 aromatic rings. The Labute approximate surface area is 124 Å². The molecule has 1 aromatic heterocycles. The molecular formula is C16H18N2O3. The van der Waals surface area contributed by atoms with Gasteiger partial charge < -0.3 is 9.47 Å². The summed E-state index contributed by atoms with van der Waals surface area (Å²) < 4.78 is 10.4. The highest BCUT2D eigenvalue weighted by Crippen LogP contribution is 2.30. The molecule has 2 rings (SSSR count). The van der Waals surface area contributed by atoms with E-state index in [0.717, 1.165) is 16.9 Å². The number of esters is 1. The average molecular weight is 286 g/mol. The van der Waals surface area contributed by atoms with Crippen LogP contribution in [0.2, 0.25) is 0 Å². The van der Waals surface area contributed by atoms with Crippen LogP contribution >= 0.6 is 0 Å². The summed E-state index contributed by atoms with van der Waals surface area (Å²) >= 11 is 0. The minimum atomic E-state index is -0.540. The van der Waals surface area contributed by atoms with E-state index in [0.29, 0.717) is 5.92 Å². The molecule has 0 spiro atoms. The highest BCUT2D eigenvalue weighted by atomic mass is 16.5. The van der Waals surface area contributed by atoms with Crippen molar-refractivity contribution >= 4 is 5.97 Å². The number of ether oxygens (including phenoxy) is 2. The van der Waals surface area contributed by atoms with Crippen LogP contribution in [0.1, 0.15) is 41.4 Å². The Kier molecular flexibility index (Phi) is 4.52. The SMILES string of the molecule is COC(=O)c1cncc(Oc2cc(C)ccc2C(C)C)n1. The zero-order valence-corrected chi connectivity index (χ0v) is 12.6. The number of carbonyl (C=O) groups excluding carboxylic acids is 1. The van der Waals surface area contributed by atoms with Crippen molar-refractivity contribution in [3.63, 3.8) is 0 Å². The maximum Gasteiger partial charge on any atom is 0.358 e. The van der Waals surface area contributed by atoms with Crippen molar-refractivity contribution in [3.8, 4) is 11.6 Å². The van der Waals surface area contributed by atoms with Crippen LogP contribution in [0, 0.1) is 6.92 Å². The maximum atomic E-state index is 11.5. The molecule has 0 fully saturated rings. The Hall–Kier alpha value is -2.43. The van der Waals surface area contributed by atoms with E-state index < -0.39 is 5.97 Å². The Morgan fingerprint density at radius 1 is 1.24 bits per heavy atom. The number of rotatable bonds is 4. The van der Waals surface area contributed by atoms with Crippen LogP contribution in [-0.4, -0.2) is 23.0 Å². The normalized spacial score (nSPS) is 10.5. The van der Waals surface area contributed by atoms with E-state index >= 15 is 0 Å². The Bertz CT molecular complexity index is 654. The van der Waals surface area contributed by atoms with Crippen molar-refractivity contribution in [2.75, 3.05) is 7.11 Å². The number of aromatic nitrogens is 2. The summed E-state index contributed by atoms with van der Waals surface area (Å²) in [5, 5.41) is 0. The quantitative estimate of drug-likeness (QED) is 0.805. The molecule has 0 radical (unpaired) electrons. The molecule has 0 saturated carbocycles. The number of hydrogen-bond donors (Lipinski definition) is 0. The summed E-state index contributed by atoms with van der Waals surface area (Å²) in [4.78, 5) is 19.5. The molecule has 0 atom stereocenters. The lowest BCUT2D eigenvalue weighted by Crippen LogP contribution is -2.06. The molecule has 0 bridgehead atoms. The summed E-state index contributed by atoms with van der Waals surface area (Å²) in [6.45, 7) is 6.18. The van der Waals surface area contributed by atoms with Crippen molar-refractivity contribution in [1.29, 1.82) is 0 Å². The lowest BCUT2D eigenvalue weighted by atomic mass is 10.0. The topological polar surface area (TPSA) is 61.3 Å². The second-order valence-corrected chi connectivity index (χ2v) is 5.03. The second-order valence-electron chi connectivity index (χ2n) is 5.03. The van der Waals surface area contributed by atoms with Crippen molar-refractivity contribution in [2.24, 2.45) is 0 Å². The fraction of sp³-hybridized carbons (Fsp3) is 0.312. The van der Waals surface area contributed by atoms with E-state index in [1.54, 1.807) is 0 Å². The minimum Gasteiger partial charge on any atom is -0.464 e. The fourth-order valence-corrected chi connectivity index (χ4v) is 1.92. The number of hydrogen-bond acceptors (Lipinski definition) is 5. The Morgan fingerprint density at radius 3 is 2.67 bits per heavy atom. The molecule has 5 heteroatoms. The van der Waals surface area contributed by atoms with Crippen LogP contribution in [0.15, 0.2) is 30.6 Å². The summed E-state index contributed by atoms with van der Waals surface area (Å²) in [5.74, 6) is 0.769. The molecule has 0 aliphatic heterocycles. The molecule has 0 aliphatic rings. The predicted octanol–water partition coefficient (Wildman–Crippen LogP) is 3.49. The van der Waals surface area contributed by atoms with E-state index in [1.807, 2.05) is 25.1 Å². The number of carbonyl (C=O) groups is 1. The van der Waals surface area contributed by atoms with Gasteiger partial charge in [-0.3, -0.25) is 4.98 Å². The van der Waals surface area contributed by atoms with E-state index in [9.17, 15) is 4.79 Å². The molecule has 0 aliphatic carbocycles. The molecule has 0 saturated heterocycles. The van der Waals surface area contributed by atoms with Gasteiger partial charge in [0.2, 0.25) is 5.88 Å². The van der Waals surface area contributed by atoms with E-state index in [4.69, 9.17) is 4.74 Å². The molecule has 1 heterocycles. The largest absolute Gasteiger partial charge is 0.464 e. The lowest BCUT2D eigenvalue weighted by molar-refractivity contribution is 0.0592. The maximum absolute atomic E-state index is 11.5. The smallest absolute Gasteiger partial charge is 0.358 e. The molecule has 0 unspecified atom stereocenters. The highest BCUT2D eigenvalue weighted by Gasteiger charge is 2.13. The molecule has 110 valence electrons. The molecule has 0 amide bonds. The number of aryl methyl sites for hydroxylation is 1. The van der Waals surface area contributed by atoms with Gasteiger partial charge in [-0.25, -0.2) is 9.78 Å². The van der Waals surface area contributed by atoms with Crippen LogP contribution in [0.4, 0.5) is 0 Å². The second kappa shape index (κ2) is 6.35. The predicted molar refractivity (Wildman–Crippen MR) is 78.7 cm³/mol. The van der Waals surface area contributed by atoms with Gasteiger partial charge in [-0.15, -0.1) is 0 Å². The zero-order chi connectivity index (χ0) is 15.4. The van der Waals surface area contributed by atoms with Crippen LogP contribution < -0.4 is 4.74 Å². The third kappa shape index (κ3) is 3.56. The van der Waals surface area contributed by atoms with Crippen LogP contribution in [0.25, 0.3) is 0 Å². The van der Waals surface area contributed by atoms with Gasteiger partial charge in [-0.05, 0) is 30.0 Å². The molecular weight excluding hydrogens is 268 g/mol. The first kappa shape index (κ1) is 15.0. The average Bonchev–Trinajstić information content (AvgIpc) is 2.46. The Balaban J connectivity index is 2.34. The first-order chi connectivity index (χ1) is 10.0. The fourth-order valence-electron chi connectivity index (χ4n) is 1.92. The Morgan fingerprint density at radius 2 is 2.00 bits per heavy atom. The van der Waals surface area contributed by atoms with Gasteiger partial charge in [0.1, 0.15) is 5.75 Å². The van der Waals surface area contributed by atoms with Gasteiger partial charge >= 0.3 is 5.97 Å². The van der Waals surface area contributed by atoms with Gasteiger partial charge in [0.05, 0.1) is 19.5 Å². The van der Waals surface area contributed by atoms with Gasteiger partial charge in [-0.2, -0.15) is 0 Å². The van der Waals surface area contributed by atoms with Crippen molar-refractivity contribution in [3.05, 3.63) is 47.4 Å². The van der Waals surface area contributed by atoms with Crippen molar-refractivity contribution in [2.45, 2.75) is 26.7 Å². The summed E-state index contributed by atoms with van der Waals surface area (Å²) in [5.41, 5.74) is 2.28. The first-order valence-corrected chi connectivity index (χ1v) is 6.70. The first-order valence-electron chi connectivity index (χ1n) is 6.70. The third-order valence-corrected chi connectivity index (χ3v) is 3.01. The van der Waals surface area contributed by atoms with E-state index in [-0.39, 0.29) is 11.6 Å². The van der Waals surface area contributed by atoms with Crippen molar-refractivity contribution < 1.29 is 14.3 Å². The summed E-state index contributed by atoms with van der Waals surface area (Å²) in [6, 6.07) is 6.02. The van der Waals surface area contributed by atoms with Gasteiger partial charge in [0.15, 0.2) is 5.69 Å². The monoisotopic (exact) mass is 286 g/mol. The lowest BCUT2D eigenvalue weighted by Gasteiger charge is -2.14. The van der Waals surface area contributed by atoms with Gasteiger partial charge in [0.25, 0.3) is 0 Å². The van der Waals surface area contributed by atoms with Gasteiger partial charge in [0, 0.05) is 0 Å². The molecule has 0 N–H and O–H groups in total. The third-order valence-electron chi connectivity index (χ3n) is 3.01. The number of nitrogens with zero attached hydrogens (tertiary/aromatic N) is 2. The van der Waals surface area contributed by atoms with Crippen LogP contribution in [-0.2, 0) is 4.74 Å². The van der Waals surface area contributed by atoms with E-state index in [2.05, 4.69) is 28.6 Å². The van der Waals surface area contributed by atoms with Crippen molar-refractivity contribution in [1.82, 2.24) is 9.97 Å². The standard InChI is InChI=1S/C16H18N2O3/c1-10(2)12-6-5-11(3)7-14(12)21-15-9-17-8-13(18-15)16(19)20-4/h5-10H,1-4H3. The van der Waals surface area contributed by atoms with Crippen LogP contribution in [0.5, 0.6) is 11.6 Å². The van der Waals surface area contributed by atoms with Gasteiger partial charge in [-0.1, -0.05) is 26.0 Å². The summed E-state index contributed by atoms with van der Waals surface area (Å²) in [7, 11) is 1.30. The highest BCUT2D eigenvalue weighted by molar-refractivity contribution is 5.86. The number of benzene rings is 1. The molecule has 1 aromatic carbocycles. The zero-order valence-electron chi connectivity index (χ0n) is 12.6.